The van der Waals surface area contributed by atoms with Gasteiger partial charge in [0.2, 0.25) is 0 Å². The Bertz CT molecular complexity index is 346. The molecule has 0 bridgehead atoms. The second kappa shape index (κ2) is 2.42. The first-order valence-corrected chi connectivity index (χ1v) is 5.82. The second-order valence-electron chi connectivity index (χ2n) is 2.41. The number of aryl methyl sites for hydroxylation is 1. The number of hydrogen-bond donors (Lipinski definition) is 0. The molecular formula is C9H8Te. The molecule has 1 aromatic carbocycles. The van der Waals surface area contributed by atoms with E-state index >= 15 is 0 Å². The zero-order valence-corrected chi connectivity index (χ0v) is 8.13. The standard InChI is InChI=1S/C9H8Te/c1-7-3-2-4-8-5-6-10-9(7)8/h2-6H,1H3. The summed E-state index contributed by atoms with van der Waals surface area (Å²) in [6, 6.07) is 8.80. The Labute approximate surface area is 70.1 Å². The summed E-state index contributed by atoms with van der Waals surface area (Å²) in [7, 11) is 0. The SMILES string of the molecule is Cc1cccc2cc[te]c12. The predicted molar refractivity (Wildman–Crippen MR) is 45.6 cm³/mol. The topological polar surface area (TPSA) is 0 Å². The third-order valence-electron chi connectivity index (χ3n) is 1.68. The van der Waals surface area contributed by atoms with Crippen molar-refractivity contribution in [2.45, 2.75) is 6.92 Å². The molecule has 0 saturated heterocycles. The molecule has 0 aliphatic rings. The van der Waals surface area contributed by atoms with Crippen LogP contribution in [0.2, 0.25) is 0 Å². The van der Waals surface area contributed by atoms with Crippen LogP contribution in [0, 0.1) is 6.92 Å². The fraction of sp³-hybridized carbons (Fsp3) is 0.111. The van der Waals surface area contributed by atoms with E-state index in [9.17, 15) is 0 Å². The summed E-state index contributed by atoms with van der Waals surface area (Å²) in [5.74, 6) is 0. The first-order chi connectivity index (χ1) is 4.88. The minimum absolute atomic E-state index is 0.0554. The van der Waals surface area contributed by atoms with Gasteiger partial charge in [-0.3, -0.25) is 0 Å². The molecule has 0 amide bonds. The number of hydrogen-bond acceptors (Lipinski definition) is 0. The number of rotatable bonds is 0. The molecule has 50 valence electrons. The fourth-order valence-corrected chi connectivity index (χ4v) is 3.65. The first kappa shape index (κ1) is 6.46. The minimum atomic E-state index is 0.0554. The van der Waals surface area contributed by atoms with E-state index in [0.29, 0.717) is 0 Å². The summed E-state index contributed by atoms with van der Waals surface area (Å²) in [4.78, 5) is 0. The van der Waals surface area contributed by atoms with Crippen LogP contribution in [0.25, 0.3) is 8.79 Å². The maximum absolute atomic E-state index is 2.35. The Hall–Kier alpha value is -0.250. The molecular weight excluding hydrogens is 236 g/mol. The van der Waals surface area contributed by atoms with Crippen LogP contribution >= 0.6 is 0 Å². The van der Waals surface area contributed by atoms with Crippen molar-refractivity contribution in [3.05, 3.63) is 33.9 Å². The van der Waals surface area contributed by atoms with Gasteiger partial charge >= 0.3 is 70.1 Å². The molecule has 1 aromatic heterocycles. The van der Waals surface area contributed by atoms with Crippen molar-refractivity contribution < 1.29 is 0 Å². The normalized spacial score (nSPS) is 10.5. The average molecular weight is 244 g/mol. The summed E-state index contributed by atoms with van der Waals surface area (Å²) < 4.78 is 3.98. The van der Waals surface area contributed by atoms with Gasteiger partial charge in [0.1, 0.15) is 0 Å². The van der Waals surface area contributed by atoms with Crippen molar-refractivity contribution in [2.24, 2.45) is 0 Å². The first-order valence-electron chi connectivity index (χ1n) is 3.31. The van der Waals surface area contributed by atoms with Crippen molar-refractivity contribution in [1.82, 2.24) is 0 Å². The van der Waals surface area contributed by atoms with E-state index in [-0.39, 0.29) is 20.4 Å². The van der Waals surface area contributed by atoms with E-state index < -0.39 is 0 Å². The number of fused-ring (bicyclic) bond motifs is 1. The van der Waals surface area contributed by atoms with E-state index in [2.05, 4.69) is 35.3 Å². The maximum atomic E-state index is 2.35. The summed E-state index contributed by atoms with van der Waals surface area (Å²) in [5, 5.41) is 1.46. The Kier molecular flexibility index (Phi) is 1.56. The van der Waals surface area contributed by atoms with Gasteiger partial charge in [0.15, 0.2) is 0 Å². The van der Waals surface area contributed by atoms with Gasteiger partial charge in [-0.05, 0) is 0 Å². The Morgan fingerprint density at radius 3 is 2.90 bits per heavy atom. The molecule has 0 unspecified atom stereocenters. The molecule has 2 aromatic rings. The quantitative estimate of drug-likeness (QED) is 0.623. The van der Waals surface area contributed by atoms with E-state index in [1.165, 1.54) is 10.9 Å². The summed E-state index contributed by atoms with van der Waals surface area (Å²) in [6.45, 7) is 2.20. The van der Waals surface area contributed by atoms with E-state index in [1.54, 1.807) is 3.40 Å². The van der Waals surface area contributed by atoms with Crippen LogP contribution in [0.1, 0.15) is 5.56 Å². The van der Waals surface area contributed by atoms with Crippen LogP contribution in [0.3, 0.4) is 0 Å². The molecule has 2 rings (SSSR count). The molecule has 0 spiro atoms. The molecule has 1 heterocycles. The zero-order valence-electron chi connectivity index (χ0n) is 5.79. The predicted octanol–water partition coefficient (Wildman–Crippen LogP) is 2.21. The average Bonchev–Trinajstić information content (AvgIpc) is 2.36. The van der Waals surface area contributed by atoms with Gasteiger partial charge in [0.25, 0.3) is 0 Å². The monoisotopic (exact) mass is 246 g/mol. The molecule has 0 saturated carbocycles. The molecule has 0 fully saturated rings. The van der Waals surface area contributed by atoms with E-state index in [0.717, 1.165) is 0 Å². The second-order valence-corrected chi connectivity index (χ2v) is 5.03. The van der Waals surface area contributed by atoms with Crippen LogP contribution in [0.15, 0.2) is 28.3 Å². The zero-order chi connectivity index (χ0) is 6.97. The van der Waals surface area contributed by atoms with Gasteiger partial charge in [0.05, 0.1) is 0 Å². The van der Waals surface area contributed by atoms with Crippen LogP contribution < -0.4 is 0 Å². The molecule has 1 heteroatoms. The van der Waals surface area contributed by atoms with Gasteiger partial charge in [0, 0.05) is 0 Å². The third-order valence-corrected chi connectivity index (χ3v) is 4.72. The fourth-order valence-electron chi connectivity index (χ4n) is 1.14. The summed E-state index contributed by atoms with van der Waals surface area (Å²) in [6.07, 6.45) is 0. The summed E-state index contributed by atoms with van der Waals surface area (Å²) >= 11 is 0.0554. The van der Waals surface area contributed by atoms with Crippen molar-refractivity contribution in [1.29, 1.82) is 0 Å². The van der Waals surface area contributed by atoms with Crippen LogP contribution in [-0.2, 0) is 0 Å². The molecule has 10 heavy (non-hydrogen) atoms. The van der Waals surface area contributed by atoms with Crippen LogP contribution in [-0.4, -0.2) is 20.4 Å². The third kappa shape index (κ3) is 0.905. The molecule has 0 radical (unpaired) electrons. The molecule has 0 N–H and O–H groups in total. The Morgan fingerprint density at radius 1 is 1.20 bits per heavy atom. The van der Waals surface area contributed by atoms with Gasteiger partial charge in [-0.2, -0.15) is 0 Å². The van der Waals surface area contributed by atoms with Crippen molar-refractivity contribution >= 4 is 29.2 Å². The van der Waals surface area contributed by atoms with Crippen LogP contribution in [0.4, 0.5) is 0 Å². The molecule has 0 atom stereocenters. The van der Waals surface area contributed by atoms with Gasteiger partial charge < -0.3 is 0 Å². The van der Waals surface area contributed by atoms with Crippen molar-refractivity contribution in [2.75, 3.05) is 0 Å². The molecule has 0 aliphatic carbocycles. The Balaban J connectivity index is 2.95. The Morgan fingerprint density at radius 2 is 2.10 bits per heavy atom. The molecule has 0 aliphatic heterocycles. The van der Waals surface area contributed by atoms with E-state index in [4.69, 9.17) is 0 Å². The van der Waals surface area contributed by atoms with E-state index in [1.807, 2.05) is 0 Å². The number of benzene rings is 1. The van der Waals surface area contributed by atoms with Crippen LogP contribution in [0.5, 0.6) is 0 Å². The molecule has 0 nitrogen and oxygen atoms in total. The van der Waals surface area contributed by atoms with Crippen molar-refractivity contribution in [3.63, 3.8) is 0 Å². The van der Waals surface area contributed by atoms with Crippen molar-refractivity contribution in [3.8, 4) is 0 Å². The van der Waals surface area contributed by atoms with Gasteiger partial charge in [-0.1, -0.05) is 0 Å². The van der Waals surface area contributed by atoms with Gasteiger partial charge in [-0.15, -0.1) is 0 Å². The summed E-state index contributed by atoms with van der Waals surface area (Å²) in [5.41, 5.74) is 1.48. The van der Waals surface area contributed by atoms with Gasteiger partial charge in [-0.25, -0.2) is 0 Å².